The Balaban J connectivity index is 1.18. The van der Waals surface area contributed by atoms with E-state index in [0.717, 1.165) is 38.5 Å². The number of carbonyl (C=O) groups is 2. The molecule has 5 aliphatic rings. The number of amides is 2. The van der Waals surface area contributed by atoms with Crippen LogP contribution in [-0.2, 0) is 4.74 Å². The van der Waals surface area contributed by atoms with Crippen LogP contribution in [0.3, 0.4) is 0 Å². The Kier molecular flexibility index (Phi) is 4.82. The van der Waals surface area contributed by atoms with Crippen LogP contribution in [-0.4, -0.2) is 57.8 Å². The van der Waals surface area contributed by atoms with Crippen molar-refractivity contribution in [2.24, 2.45) is 23.5 Å². The van der Waals surface area contributed by atoms with Gasteiger partial charge in [-0.1, -0.05) is 11.6 Å². The molecule has 1 aromatic heterocycles. The van der Waals surface area contributed by atoms with Crippen LogP contribution in [0, 0.1) is 17.8 Å². The number of aromatic nitrogens is 1. The van der Waals surface area contributed by atoms with E-state index in [0.29, 0.717) is 29.8 Å². The molecule has 6 atom stereocenters. The van der Waals surface area contributed by atoms with Crippen LogP contribution in [0.15, 0.2) is 12.3 Å². The third kappa shape index (κ3) is 3.60. The van der Waals surface area contributed by atoms with E-state index < -0.39 is 11.5 Å². The fraction of sp³-hybridized carbons (Fsp3) is 0.667. The summed E-state index contributed by atoms with van der Waals surface area (Å²) in [6, 6.07) is 1.49. The number of halogens is 1. The molecule has 1 aromatic rings. The standard InChI is InChI=1S/C21H27ClN4O4/c22-16-5-14(18(23)27)9-24-19(16)25-15-1-2-26(10-15)20(28)30-17-12-3-11-4-13(17)8-21(29,6-11)7-12/h5,9,11-13,15,17,29H,1-4,6-8,10H2,(H2,23,27)(H,24,25)/t11?,12-,13?,15?,17?,21?/m1/s1. The van der Waals surface area contributed by atoms with Crippen molar-refractivity contribution in [3.63, 3.8) is 0 Å². The number of primary amides is 1. The van der Waals surface area contributed by atoms with Gasteiger partial charge in [-0.3, -0.25) is 4.79 Å². The first kappa shape index (κ1) is 19.9. The fourth-order valence-electron chi connectivity index (χ4n) is 6.23. The van der Waals surface area contributed by atoms with Gasteiger partial charge in [-0.2, -0.15) is 0 Å². The highest BCUT2D eigenvalue weighted by molar-refractivity contribution is 6.33. The summed E-state index contributed by atoms with van der Waals surface area (Å²) < 4.78 is 5.98. The third-order valence-corrected chi connectivity index (χ3v) is 7.59. The summed E-state index contributed by atoms with van der Waals surface area (Å²) in [4.78, 5) is 30.0. The molecule has 4 N–H and O–H groups in total. The minimum absolute atomic E-state index is 0.00110. The zero-order chi connectivity index (χ0) is 21.0. The predicted molar refractivity (Wildman–Crippen MR) is 110 cm³/mol. The average Bonchev–Trinajstić information content (AvgIpc) is 3.13. The van der Waals surface area contributed by atoms with Gasteiger partial charge >= 0.3 is 6.09 Å². The molecular formula is C21H27ClN4O4. The van der Waals surface area contributed by atoms with Crippen molar-refractivity contribution >= 4 is 29.4 Å². The zero-order valence-electron chi connectivity index (χ0n) is 16.7. The summed E-state index contributed by atoms with van der Waals surface area (Å²) >= 11 is 6.20. The number of aliphatic hydroxyl groups is 1. The van der Waals surface area contributed by atoms with Crippen molar-refractivity contribution in [1.29, 1.82) is 0 Å². The quantitative estimate of drug-likeness (QED) is 0.669. The lowest BCUT2D eigenvalue weighted by Gasteiger charge is -2.57. The Morgan fingerprint density at radius 2 is 2.03 bits per heavy atom. The van der Waals surface area contributed by atoms with E-state index in [4.69, 9.17) is 22.1 Å². The first-order chi connectivity index (χ1) is 14.3. The van der Waals surface area contributed by atoms with Crippen LogP contribution < -0.4 is 11.1 Å². The van der Waals surface area contributed by atoms with Gasteiger partial charge in [0.25, 0.3) is 0 Å². The van der Waals surface area contributed by atoms with Gasteiger partial charge in [0.2, 0.25) is 5.91 Å². The minimum Gasteiger partial charge on any atom is -0.446 e. The van der Waals surface area contributed by atoms with Crippen LogP contribution >= 0.6 is 11.6 Å². The first-order valence-corrected chi connectivity index (χ1v) is 11.1. The summed E-state index contributed by atoms with van der Waals surface area (Å²) in [6.07, 6.45) is 6.35. The summed E-state index contributed by atoms with van der Waals surface area (Å²) in [5.41, 5.74) is 4.97. The second kappa shape index (κ2) is 7.27. The Hall–Kier alpha value is -2.06. The number of ether oxygens (including phenoxy) is 1. The number of rotatable bonds is 4. The molecule has 4 saturated carbocycles. The van der Waals surface area contributed by atoms with E-state index >= 15 is 0 Å². The van der Waals surface area contributed by atoms with E-state index in [-0.39, 0.29) is 35.6 Å². The molecule has 30 heavy (non-hydrogen) atoms. The molecule has 1 saturated heterocycles. The lowest BCUT2D eigenvalue weighted by Crippen LogP contribution is -2.58. The molecule has 0 radical (unpaired) electrons. The summed E-state index contributed by atoms with van der Waals surface area (Å²) in [7, 11) is 0. The minimum atomic E-state index is -0.581. The number of likely N-dealkylation sites (tertiary alicyclic amines) is 1. The van der Waals surface area contributed by atoms with Crippen LogP contribution in [0.1, 0.15) is 48.9 Å². The highest BCUT2D eigenvalue weighted by Gasteiger charge is 2.56. The summed E-state index contributed by atoms with van der Waals surface area (Å²) in [5.74, 6) is 1.04. The summed E-state index contributed by atoms with van der Waals surface area (Å²) in [6.45, 7) is 1.10. The lowest BCUT2D eigenvalue weighted by molar-refractivity contribution is -0.177. The second-order valence-corrected chi connectivity index (χ2v) is 9.94. The van der Waals surface area contributed by atoms with Gasteiger partial charge in [-0.25, -0.2) is 9.78 Å². The van der Waals surface area contributed by atoms with Crippen LogP contribution in [0.5, 0.6) is 0 Å². The first-order valence-electron chi connectivity index (χ1n) is 10.7. The van der Waals surface area contributed by atoms with E-state index in [1.807, 2.05) is 0 Å². The van der Waals surface area contributed by atoms with Gasteiger partial charge in [0.1, 0.15) is 11.9 Å². The average molecular weight is 435 g/mol. The molecule has 0 spiro atoms. The largest absolute Gasteiger partial charge is 0.446 e. The molecule has 4 bridgehead atoms. The highest BCUT2D eigenvalue weighted by Crippen LogP contribution is 2.56. The van der Waals surface area contributed by atoms with Gasteiger partial charge in [-0.05, 0) is 62.3 Å². The number of hydrogen-bond donors (Lipinski definition) is 3. The maximum atomic E-state index is 12.8. The Labute approximate surface area is 180 Å². The van der Waals surface area contributed by atoms with Crippen molar-refractivity contribution in [3.8, 4) is 0 Å². The number of nitrogens with two attached hydrogens (primary N) is 1. The highest BCUT2D eigenvalue weighted by atomic mass is 35.5. The Morgan fingerprint density at radius 3 is 2.67 bits per heavy atom. The smallest absolute Gasteiger partial charge is 0.410 e. The van der Waals surface area contributed by atoms with Crippen LogP contribution in [0.2, 0.25) is 5.02 Å². The number of carbonyl (C=O) groups excluding carboxylic acids is 2. The molecule has 8 nitrogen and oxygen atoms in total. The molecule has 9 heteroatoms. The molecule has 162 valence electrons. The molecule has 1 aliphatic heterocycles. The van der Waals surface area contributed by atoms with Crippen LogP contribution in [0.4, 0.5) is 10.6 Å². The molecular weight excluding hydrogens is 408 g/mol. The van der Waals surface area contributed by atoms with E-state index in [9.17, 15) is 14.7 Å². The van der Waals surface area contributed by atoms with E-state index in [1.54, 1.807) is 4.90 Å². The van der Waals surface area contributed by atoms with Crippen molar-refractivity contribution < 1.29 is 19.4 Å². The number of nitrogens with zero attached hydrogens (tertiary/aromatic N) is 2. The lowest BCUT2D eigenvalue weighted by atomic mass is 9.53. The fourth-order valence-corrected chi connectivity index (χ4v) is 6.46. The van der Waals surface area contributed by atoms with Crippen LogP contribution in [0.25, 0.3) is 0 Å². The number of pyridine rings is 1. The van der Waals surface area contributed by atoms with Crippen molar-refractivity contribution in [2.75, 3.05) is 18.4 Å². The SMILES string of the molecule is NC(=O)c1cnc(NC2CCN(C(=O)OC3C4CC5C[C@@H]3CC(O)(C5)C4)C2)c(Cl)c1. The van der Waals surface area contributed by atoms with Crippen molar-refractivity contribution in [3.05, 3.63) is 22.8 Å². The number of anilines is 1. The molecule has 6 rings (SSSR count). The molecule has 2 amide bonds. The molecule has 5 unspecified atom stereocenters. The molecule has 5 fully saturated rings. The maximum absolute atomic E-state index is 12.8. The third-order valence-electron chi connectivity index (χ3n) is 7.30. The van der Waals surface area contributed by atoms with E-state index in [1.165, 1.54) is 12.3 Å². The predicted octanol–water partition coefficient (Wildman–Crippen LogP) is 2.40. The van der Waals surface area contributed by atoms with Gasteiger partial charge in [-0.15, -0.1) is 0 Å². The van der Waals surface area contributed by atoms with Gasteiger partial charge in [0, 0.05) is 25.3 Å². The molecule has 0 aromatic carbocycles. The van der Waals surface area contributed by atoms with Crippen molar-refractivity contribution in [2.45, 2.75) is 56.3 Å². The molecule has 4 aliphatic carbocycles. The van der Waals surface area contributed by atoms with E-state index in [2.05, 4.69) is 10.3 Å². The second-order valence-electron chi connectivity index (χ2n) is 9.54. The Bertz CT molecular complexity index is 865. The zero-order valence-corrected chi connectivity index (χ0v) is 17.5. The van der Waals surface area contributed by atoms with Crippen molar-refractivity contribution in [1.82, 2.24) is 9.88 Å². The topological polar surface area (TPSA) is 118 Å². The molecule has 2 heterocycles. The Morgan fingerprint density at radius 1 is 1.30 bits per heavy atom. The number of nitrogens with one attached hydrogen (secondary N) is 1. The number of hydrogen-bond acceptors (Lipinski definition) is 6. The van der Waals surface area contributed by atoms with Gasteiger partial charge in [0.15, 0.2) is 0 Å². The maximum Gasteiger partial charge on any atom is 0.410 e. The summed E-state index contributed by atoms with van der Waals surface area (Å²) in [5, 5.41) is 14.3. The monoisotopic (exact) mass is 434 g/mol. The van der Waals surface area contributed by atoms with Gasteiger partial charge in [0.05, 0.1) is 16.2 Å². The normalized spacial score (nSPS) is 36.7. The van der Waals surface area contributed by atoms with Gasteiger partial charge < -0.3 is 25.8 Å².